The molecule has 4 heterocycles. The number of nitrogen functional groups attached to an aromatic ring is 1. The van der Waals surface area contributed by atoms with E-state index in [9.17, 15) is 40.6 Å². The van der Waals surface area contributed by atoms with E-state index in [4.69, 9.17) is 10.5 Å². The predicted octanol–water partition coefficient (Wildman–Crippen LogP) is 2.86. The summed E-state index contributed by atoms with van der Waals surface area (Å²) in [5, 5.41) is 16.2. The first-order chi connectivity index (χ1) is 18.6. The fraction of sp³-hybridized carbons (Fsp3) is 0.478. The van der Waals surface area contributed by atoms with Crippen LogP contribution in [-0.4, -0.2) is 86.2 Å². The molecule has 3 atom stereocenters. The molecule has 0 bridgehead atoms. The van der Waals surface area contributed by atoms with E-state index in [1.165, 1.54) is 7.11 Å². The molecule has 0 saturated carbocycles. The molecule has 0 aliphatic carbocycles. The van der Waals surface area contributed by atoms with Crippen LogP contribution in [0.4, 0.5) is 36.6 Å². The van der Waals surface area contributed by atoms with E-state index in [0.717, 1.165) is 41.0 Å². The lowest BCUT2D eigenvalue weighted by Crippen LogP contribution is -2.53. The Morgan fingerprint density at radius 1 is 1.20 bits per heavy atom. The Balaban J connectivity index is 1.63. The van der Waals surface area contributed by atoms with Crippen molar-refractivity contribution in [1.29, 1.82) is 0 Å². The summed E-state index contributed by atoms with van der Waals surface area (Å²) in [6.07, 6.45) is -10.1. The number of halogens is 7. The number of nitrogens with two attached hydrogens (primary N) is 1. The molecule has 3 aromatic rings. The molecule has 1 fully saturated rings. The molecule has 0 radical (unpaired) electrons. The molecule has 1 amide bonds. The van der Waals surface area contributed by atoms with Gasteiger partial charge in [-0.1, -0.05) is 6.92 Å². The number of pyridine rings is 1. The van der Waals surface area contributed by atoms with Crippen LogP contribution in [0.25, 0.3) is 16.8 Å². The van der Waals surface area contributed by atoms with Gasteiger partial charge in [0.1, 0.15) is 23.6 Å². The first-order valence-corrected chi connectivity index (χ1v) is 11.8. The summed E-state index contributed by atoms with van der Waals surface area (Å²) < 4.78 is 102. The number of likely N-dealkylation sites (tertiary alicyclic amines) is 1. The number of β-amino-alcohol motifs (C(OH)–C–C–N with tert-alkyl or cyclic N) is 1. The van der Waals surface area contributed by atoms with Gasteiger partial charge in [0, 0.05) is 31.4 Å². The van der Waals surface area contributed by atoms with Gasteiger partial charge in [0.25, 0.3) is 5.91 Å². The minimum Gasteiger partial charge on any atom is -0.480 e. The largest absolute Gasteiger partial charge is 0.480 e. The maximum Gasteiger partial charge on any atom is 0.418 e. The molecule has 4 N–H and O–H groups in total. The number of methoxy groups -OCH3 is 1. The van der Waals surface area contributed by atoms with E-state index >= 15 is 0 Å². The second-order valence-corrected chi connectivity index (χ2v) is 9.30. The van der Waals surface area contributed by atoms with Gasteiger partial charge in [-0.2, -0.15) is 31.4 Å². The Labute approximate surface area is 221 Å². The highest BCUT2D eigenvalue weighted by Gasteiger charge is 2.54. The average molecular weight is 579 g/mol. The molecule has 1 unspecified atom stereocenters. The van der Waals surface area contributed by atoms with Crippen LogP contribution < -0.4 is 15.8 Å². The monoisotopic (exact) mass is 579 g/mol. The topological polar surface area (TPSA) is 131 Å². The van der Waals surface area contributed by atoms with Crippen molar-refractivity contribution in [2.24, 2.45) is 0 Å². The number of carbonyl (C=O) groups is 1. The van der Waals surface area contributed by atoms with Crippen molar-refractivity contribution in [3.8, 4) is 17.1 Å². The van der Waals surface area contributed by atoms with Crippen molar-refractivity contribution in [3.05, 3.63) is 35.8 Å². The summed E-state index contributed by atoms with van der Waals surface area (Å²) in [4.78, 5) is 21.7. The number of anilines is 1. The SMILES string of the molecule is CCC(O)(CN1C[C@H](F)[C@H](NC(=O)c2cc(-c3cc(C(F)(F)F)c4c(N)ncnn34)cnc2OC)C1)C(F)(F)F. The lowest BCUT2D eigenvalue weighted by atomic mass is 9.99. The Kier molecular flexibility index (Phi) is 7.57. The molecule has 3 aromatic heterocycles. The number of hydrogen-bond donors (Lipinski definition) is 3. The second-order valence-electron chi connectivity index (χ2n) is 9.30. The Morgan fingerprint density at radius 3 is 2.50 bits per heavy atom. The van der Waals surface area contributed by atoms with Gasteiger partial charge in [0.2, 0.25) is 5.88 Å². The Morgan fingerprint density at radius 2 is 1.90 bits per heavy atom. The van der Waals surface area contributed by atoms with Crippen molar-refractivity contribution in [2.45, 2.75) is 43.5 Å². The van der Waals surface area contributed by atoms with E-state index in [0.29, 0.717) is 0 Å². The zero-order valence-corrected chi connectivity index (χ0v) is 21.0. The fourth-order valence-corrected chi connectivity index (χ4v) is 4.53. The molecule has 1 saturated heterocycles. The molecular formula is C23H24F7N7O3. The zero-order chi connectivity index (χ0) is 29.6. The standard InChI is InChI=1S/C23H24F7N7O3/c1-3-21(39,23(28,29)30)9-36-7-14(24)15(8-36)35-19(38)12-4-11(6-32-20(12)40-2)16-5-13(22(25,26)27)17-18(31)33-10-34-37(16)17/h4-6,10,14-15,39H,3,7-9H2,1-2H3,(H,35,38)(H2,31,33,34)/t14-,15+,21?/m0/s1. The summed E-state index contributed by atoms with van der Waals surface area (Å²) in [6, 6.07) is 0.655. The smallest absolute Gasteiger partial charge is 0.418 e. The molecule has 218 valence electrons. The molecule has 4 rings (SSSR count). The van der Waals surface area contributed by atoms with E-state index in [-0.39, 0.29) is 29.2 Å². The van der Waals surface area contributed by atoms with Gasteiger partial charge in [-0.25, -0.2) is 18.9 Å². The summed E-state index contributed by atoms with van der Waals surface area (Å²) in [5.41, 5.74) is 0.550. The highest BCUT2D eigenvalue weighted by molar-refractivity contribution is 5.98. The fourth-order valence-electron chi connectivity index (χ4n) is 4.53. The third-order valence-electron chi connectivity index (χ3n) is 6.71. The highest BCUT2D eigenvalue weighted by Crippen LogP contribution is 2.39. The maximum atomic E-state index is 14.7. The summed E-state index contributed by atoms with van der Waals surface area (Å²) in [7, 11) is 1.18. The maximum absolute atomic E-state index is 14.7. The highest BCUT2D eigenvalue weighted by atomic mass is 19.4. The summed E-state index contributed by atoms with van der Waals surface area (Å²) >= 11 is 0. The van der Waals surface area contributed by atoms with Crippen molar-refractivity contribution in [3.63, 3.8) is 0 Å². The van der Waals surface area contributed by atoms with E-state index in [1.54, 1.807) is 0 Å². The van der Waals surface area contributed by atoms with Crippen LogP contribution in [0.15, 0.2) is 24.7 Å². The number of alkyl halides is 7. The third-order valence-corrected chi connectivity index (χ3v) is 6.71. The van der Waals surface area contributed by atoms with Crippen LogP contribution in [0.3, 0.4) is 0 Å². The molecule has 1 aliphatic rings. The molecule has 0 spiro atoms. The molecule has 0 aromatic carbocycles. The lowest BCUT2D eigenvalue weighted by molar-refractivity contribution is -0.265. The van der Waals surface area contributed by atoms with E-state index < -0.39 is 72.5 Å². The van der Waals surface area contributed by atoms with Gasteiger partial charge in [0.05, 0.1) is 24.4 Å². The van der Waals surface area contributed by atoms with Gasteiger partial charge < -0.3 is 20.9 Å². The van der Waals surface area contributed by atoms with Crippen LogP contribution in [-0.2, 0) is 6.18 Å². The molecular weight excluding hydrogens is 555 g/mol. The lowest BCUT2D eigenvalue weighted by Gasteiger charge is -2.33. The number of carbonyl (C=O) groups excluding carboxylic acids is 1. The predicted molar refractivity (Wildman–Crippen MR) is 126 cm³/mol. The van der Waals surface area contributed by atoms with Crippen molar-refractivity contribution < 1.29 is 45.4 Å². The number of aromatic nitrogens is 4. The van der Waals surface area contributed by atoms with Gasteiger partial charge in [-0.05, 0) is 18.6 Å². The summed E-state index contributed by atoms with van der Waals surface area (Å²) in [5.74, 6) is -1.61. The molecule has 10 nitrogen and oxygen atoms in total. The number of aliphatic hydroxyl groups is 1. The van der Waals surface area contributed by atoms with Gasteiger partial charge >= 0.3 is 12.4 Å². The van der Waals surface area contributed by atoms with Crippen molar-refractivity contribution >= 4 is 17.2 Å². The first-order valence-electron chi connectivity index (χ1n) is 11.8. The number of fused-ring (bicyclic) bond motifs is 1. The minimum atomic E-state index is -4.95. The van der Waals surface area contributed by atoms with Crippen LogP contribution in [0.2, 0.25) is 0 Å². The van der Waals surface area contributed by atoms with Crippen LogP contribution in [0.1, 0.15) is 29.3 Å². The normalized spacial score (nSPS) is 20.1. The zero-order valence-electron chi connectivity index (χ0n) is 21.0. The average Bonchev–Trinajstić information content (AvgIpc) is 3.43. The quantitative estimate of drug-likeness (QED) is 0.365. The van der Waals surface area contributed by atoms with E-state index in [1.807, 2.05) is 0 Å². The van der Waals surface area contributed by atoms with Crippen LogP contribution in [0, 0.1) is 0 Å². The first kappa shape index (κ1) is 29.3. The Bertz CT molecular complexity index is 1410. The number of amides is 1. The van der Waals surface area contributed by atoms with Crippen LogP contribution >= 0.6 is 0 Å². The van der Waals surface area contributed by atoms with Gasteiger partial charge in [0.15, 0.2) is 11.4 Å². The molecule has 1 aliphatic heterocycles. The molecule has 17 heteroatoms. The van der Waals surface area contributed by atoms with Crippen molar-refractivity contribution in [1.82, 2.24) is 29.8 Å². The Hall–Kier alpha value is -3.73. The van der Waals surface area contributed by atoms with Crippen LogP contribution in [0.5, 0.6) is 5.88 Å². The minimum absolute atomic E-state index is 0.00224. The van der Waals surface area contributed by atoms with Gasteiger partial charge in [-0.15, -0.1) is 0 Å². The number of ether oxygens (including phenoxy) is 1. The van der Waals surface area contributed by atoms with Crippen molar-refractivity contribution in [2.75, 3.05) is 32.5 Å². The second kappa shape index (κ2) is 10.3. The number of nitrogens with one attached hydrogen (secondary N) is 1. The number of rotatable bonds is 7. The van der Waals surface area contributed by atoms with E-state index in [2.05, 4.69) is 20.4 Å². The van der Waals surface area contributed by atoms with Gasteiger partial charge in [-0.3, -0.25) is 9.69 Å². The number of nitrogens with zero attached hydrogens (tertiary/aromatic N) is 5. The molecule has 40 heavy (non-hydrogen) atoms. The third kappa shape index (κ3) is 5.34. The number of hydrogen-bond acceptors (Lipinski definition) is 8. The summed E-state index contributed by atoms with van der Waals surface area (Å²) in [6.45, 7) is -0.562.